The highest BCUT2D eigenvalue weighted by Gasteiger charge is 2.12. The first-order valence-electron chi connectivity index (χ1n) is 7.18. The van der Waals surface area contributed by atoms with Gasteiger partial charge in [-0.3, -0.25) is 0 Å². The summed E-state index contributed by atoms with van der Waals surface area (Å²) in [5, 5.41) is 0. The first-order valence-corrected chi connectivity index (χ1v) is 8.26. The first-order chi connectivity index (χ1) is 9.72. The van der Waals surface area contributed by atoms with Crippen LogP contribution >= 0.6 is 22.6 Å². The van der Waals surface area contributed by atoms with E-state index in [0.29, 0.717) is 5.92 Å². The number of hydrogen-bond donors (Lipinski definition) is 0. The Bertz CT molecular complexity index is 557. The van der Waals surface area contributed by atoms with Crippen molar-refractivity contribution in [2.75, 3.05) is 0 Å². The minimum atomic E-state index is 0.583. The molecule has 104 valence electrons. The van der Waals surface area contributed by atoms with Crippen molar-refractivity contribution >= 4 is 22.6 Å². The fraction of sp³-hybridized carbons (Fsp3) is 0.263. The summed E-state index contributed by atoms with van der Waals surface area (Å²) in [6.45, 7) is 6.14. The van der Waals surface area contributed by atoms with E-state index in [1.807, 2.05) is 6.08 Å². The van der Waals surface area contributed by atoms with Gasteiger partial charge in [-0.2, -0.15) is 0 Å². The second kappa shape index (κ2) is 7.63. The van der Waals surface area contributed by atoms with E-state index in [9.17, 15) is 0 Å². The summed E-state index contributed by atoms with van der Waals surface area (Å²) in [5.74, 6) is 0.583. The highest BCUT2D eigenvalue weighted by atomic mass is 127. The predicted molar refractivity (Wildman–Crippen MR) is 97.1 cm³/mol. The van der Waals surface area contributed by atoms with Crippen LogP contribution in [0.2, 0.25) is 0 Å². The Hall–Kier alpha value is -1.09. The third-order valence-corrected chi connectivity index (χ3v) is 4.35. The van der Waals surface area contributed by atoms with Crippen LogP contribution in [0.5, 0.6) is 0 Å². The van der Waals surface area contributed by atoms with Crippen molar-refractivity contribution in [1.29, 1.82) is 0 Å². The van der Waals surface area contributed by atoms with E-state index in [0.717, 1.165) is 6.42 Å². The Morgan fingerprint density at radius 3 is 2.60 bits per heavy atom. The van der Waals surface area contributed by atoms with E-state index >= 15 is 0 Å². The Balaban J connectivity index is 2.31. The normalized spacial score (nSPS) is 12.1. The quantitative estimate of drug-likeness (QED) is 0.310. The minimum absolute atomic E-state index is 0.583. The molecule has 0 nitrogen and oxygen atoms in total. The van der Waals surface area contributed by atoms with Gasteiger partial charge >= 0.3 is 0 Å². The second-order valence-corrected chi connectivity index (χ2v) is 6.46. The van der Waals surface area contributed by atoms with Gasteiger partial charge in [-0.05, 0) is 76.6 Å². The van der Waals surface area contributed by atoms with Gasteiger partial charge in [0.15, 0.2) is 0 Å². The lowest BCUT2D eigenvalue weighted by Gasteiger charge is -2.17. The number of benzene rings is 2. The summed E-state index contributed by atoms with van der Waals surface area (Å²) in [4.78, 5) is 0. The SMILES string of the molecule is C=CCCCC(C)c1cc(I)ccc1-c1ccccc1. The molecule has 2 aromatic rings. The fourth-order valence-corrected chi connectivity index (χ4v) is 3.06. The van der Waals surface area contributed by atoms with Crippen molar-refractivity contribution < 1.29 is 0 Å². The Morgan fingerprint density at radius 1 is 1.15 bits per heavy atom. The lowest BCUT2D eigenvalue weighted by molar-refractivity contribution is 0.641. The maximum atomic E-state index is 3.81. The largest absolute Gasteiger partial charge is 0.103 e. The molecule has 0 saturated heterocycles. The molecular weight excluding hydrogens is 355 g/mol. The molecule has 20 heavy (non-hydrogen) atoms. The van der Waals surface area contributed by atoms with Crippen LogP contribution in [0.15, 0.2) is 61.2 Å². The van der Waals surface area contributed by atoms with Gasteiger partial charge < -0.3 is 0 Å². The summed E-state index contributed by atoms with van der Waals surface area (Å²) in [7, 11) is 0. The molecule has 0 aromatic heterocycles. The van der Waals surface area contributed by atoms with Crippen molar-refractivity contribution in [2.45, 2.75) is 32.1 Å². The number of hydrogen-bond acceptors (Lipinski definition) is 0. The van der Waals surface area contributed by atoms with E-state index < -0.39 is 0 Å². The van der Waals surface area contributed by atoms with Gasteiger partial charge in [0.1, 0.15) is 0 Å². The third-order valence-electron chi connectivity index (χ3n) is 3.67. The van der Waals surface area contributed by atoms with Crippen LogP contribution in [-0.4, -0.2) is 0 Å². The van der Waals surface area contributed by atoms with E-state index in [4.69, 9.17) is 0 Å². The zero-order valence-corrected chi connectivity index (χ0v) is 14.1. The molecule has 0 heterocycles. The molecule has 0 fully saturated rings. The molecule has 0 N–H and O–H groups in total. The fourth-order valence-electron chi connectivity index (χ4n) is 2.55. The summed E-state index contributed by atoms with van der Waals surface area (Å²) < 4.78 is 1.31. The second-order valence-electron chi connectivity index (χ2n) is 5.22. The van der Waals surface area contributed by atoms with Crippen LogP contribution in [0.3, 0.4) is 0 Å². The van der Waals surface area contributed by atoms with Gasteiger partial charge in [0.2, 0.25) is 0 Å². The number of halogens is 1. The van der Waals surface area contributed by atoms with Crippen molar-refractivity contribution in [3.63, 3.8) is 0 Å². The van der Waals surface area contributed by atoms with Gasteiger partial charge in [0, 0.05) is 3.57 Å². The Labute approximate surface area is 136 Å². The highest BCUT2D eigenvalue weighted by Crippen LogP contribution is 2.33. The van der Waals surface area contributed by atoms with Crippen LogP contribution in [0.1, 0.15) is 37.7 Å². The molecule has 0 bridgehead atoms. The topological polar surface area (TPSA) is 0 Å². The standard InChI is InChI=1S/C19H21I/c1-3-4-6-9-15(2)19-14-17(20)12-13-18(19)16-10-7-5-8-11-16/h3,5,7-8,10-15H,1,4,6,9H2,2H3. The molecular formula is C19H21I. The smallest absolute Gasteiger partial charge is 0.0133 e. The maximum absolute atomic E-state index is 3.81. The van der Waals surface area contributed by atoms with E-state index in [1.165, 1.54) is 33.1 Å². The predicted octanol–water partition coefficient (Wildman–Crippen LogP) is 6.42. The molecule has 2 aromatic carbocycles. The van der Waals surface area contributed by atoms with Crippen molar-refractivity contribution in [3.8, 4) is 11.1 Å². The highest BCUT2D eigenvalue weighted by molar-refractivity contribution is 14.1. The molecule has 0 aliphatic rings. The minimum Gasteiger partial charge on any atom is -0.103 e. The van der Waals surface area contributed by atoms with Crippen LogP contribution in [0.25, 0.3) is 11.1 Å². The first kappa shape index (κ1) is 15.3. The molecule has 0 saturated carbocycles. The third kappa shape index (κ3) is 3.95. The van der Waals surface area contributed by atoms with E-state index in [1.54, 1.807) is 0 Å². The molecule has 2 rings (SSSR count). The summed E-state index contributed by atoms with van der Waals surface area (Å²) >= 11 is 2.40. The summed E-state index contributed by atoms with van der Waals surface area (Å²) in [6.07, 6.45) is 5.55. The number of unbranched alkanes of at least 4 members (excludes halogenated alkanes) is 1. The molecule has 0 aliphatic carbocycles. The zero-order chi connectivity index (χ0) is 14.4. The average Bonchev–Trinajstić information content (AvgIpc) is 2.48. The lowest BCUT2D eigenvalue weighted by Crippen LogP contribution is -1.98. The average molecular weight is 376 g/mol. The monoisotopic (exact) mass is 376 g/mol. The van der Waals surface area contributed by atoms with Crippen molar-refractivity contribution in [2.24, 2.45) is 0 Å². The van der Waals surface area contributed by atoms with E-state index in [-0.39, 0.29) is 0 Å². The molecule has 1 heteroatoms. The Kier molecular flexibility index (Phi) is 5.84. The molecule has 1 atom stereocenters. The molecule has 1 unspecified atom stereocenters. The molecule has 0 aliphatic heterocycles. The Morgan fingerprint density at radius 2 is 1.90 bits per heavy atom. The van der Waals surface area contributed by atoms with E-state index in [2.05, 4.69) is 84.6 Å². The van der Waals surface area contributed by atoms with Crippen LogP contribution < -0.4 is 0 Å². The van der Waals surface area contributed by atoms with Gasteiger partial charge in [-0.15, -0.1) is 6.58 Å². The molecule has 0 spiro atoms. The van der Waals surface area contributed by atoms with Gasteiger partial charge in [-0.25, -0.2) is 0 Å². The van der Waals surface area contributed by atoms with Gasteiger partial charge in [-0.1, -0.05) is 49.4 Å². The lowest BCUT2D eigenvalue weighted by atomic mass is 9.88. The number of rotatable bonds is 6. The van der Waals surface area contributed by atoms with Crippen molar-refractivity contribution in [3.05, 3.63) is 70.3 Å². The van der Waals surface area contributed by atoms with Crippen molar-refractivity contribution in [1.82, 2.24) is 0 Å². The van der Waals surface area contributed by atoms with Crippen LogP contribution in [-0.2, 0) is 0 Å². The molecule has 0 radical (unpaired) electrons. The number of allylic oxidation sites excluding steroid dienone is 1. The van der Waals surface area contributed by atoms with Gasteiger partial charge in [0.25, 0.3) is 0 Å². The zero-order valence-electron chi connectivity index (χ0n) is 12.0. The molecule has 0 amide bonds. The summed E-state index contributed by atoms with van der Waals surface area (Å²) in [5.41, 5.74) is 4.15. The maximum Gasteiger partial charge on any atom is 0.0133 e. The summed E-state index contributed by atoms with van der Waals surface area (Å²) in [6, 6.07) is 17.5. The van der Waals surface area contributed by atoms with Crippen LogP contribution in [0, 0.1) is 3.57 Å². The van der Waals surface area contributed by atoms with Gasteiger partial charge in [0.05, 0.1) is 0 Å². The van der Waals surface area contributed by atoms with Crippen LogP contribution in [0.4, 0.5) is 0 Å².